The fourth-order valence-electron chi connectivity index (χ4n) is 3.48. The lowest BCUT2D eigenvalue weighted by molar-refractivity contribution is 0.219. The molecule has 3 nitrogen and oxygen atoms in total. The van der Waals surface area contributed by atoms with E-state index in [0.29, 0.717) is 0 Å². The summed E-state index contributed by atoms with van der Waals surface area (Å²) in [4.78, 5) is 6.57. The van der Waals surface area contributed by atoms with Crippen LogP contribution < -0.4 is 5.32 Å². The molecule has 20 heavy (non-hydrogen) atoms. The van der Waals surface area contributed by atoms with Crippen molar-refractivity contribution in [2.75, 3.05) is 33.2 Å². The zero-order valence-electron chi connectivity index (χ0n) is 12.1. The van der Waals surface area contributed by atoms with Crippen molar-refractivity contribution < 1.29 is 0 Å². The maximum absolute atomic E-state index is 5.94. The number of fused-ring (bicyclic) bond motifs is 2. The molecule has 0 amide bonds. The summed E-state index contributed by atoms with van der Waals surface area (Å²) in [6.45, 7) is 5.68. The predicted molar refractivity (Wildman–Crippen MR) is 86.7 cm³/mol. The molecule has 2 bridgehead atoms. The molecular weight excluding hydrogens is 290 g/mol. The number of rotatable bonds is 5. The number of nitrogens with one attached hydrogen (secondary N) is 1. The van der Waals surface area contributed by atoms with E-state index >= 15 is 0 Å². The summed E-state index contributed by atoms with van der Waals surface area (Å²) >= 11 is 7.61. The molecule has 2 unspecified atom stereocenters. The van der Waals surface area contributed by atoms with Crippen LogP contribution in [0.1, 0.15) is 24.1 Å². The molecule has 1 aromatic rings. The Morgan fingerprint density at radius 1 is 1.30 bits per heavy atom. The predicted octanol–water partition coefficient (Wildman–Crippen LogP) is 2.66. The second-order valence-corrected chi connectivity index (χ2v) is 7.82. The van der Waals surface area contributed by atoms with Gasteiger partial charge in [-0.25, -0.2) is 0 Å². The third-order valence-electron chi connectivity index (χ3n) is 4.77. The Balaban J connectivity index is 1.38. The second-order valence-electron chi connectivity index (χ2n) is 6.02. The van der Waals surface area contributed by atoms with Crippen molar-refractivity contribution in [3.63, 3.8) is 0 Å². The van der Waals surface area contributed by atoms with Crippen LogP contribution >= 0.6 is 22.9 Å². The van der Waals surface area contributed by atoms with Gasteiger partial charge in [0.2, 0.25) is 0 Å². The molecule has 5 heteroatoms. The van der Waals surface area contributed by atoms with Crippen LogP contribution in [0, 0.1) is 0 Å². The molecule has 2 saturated heterocycles. The summed E-state index contributed by atoms with van der Waals surface area (Å²) in [6.07, 6.45) is 4.14. The maximum Gasteiger partial charge on any atom is 0.0931 e. The SMILES string of the molecule is CN1C2CCC1CN(CCNCc1ccc(Cl)s1)CC2. The minimum atomic E-state index is 0.790. The normalized spacial score (nSPS) is 27.9. The highest BCUT2D eigenvalue weighted by molar-refractivity contribution is 7.16. The zero-order valence-corrected chi connectivity index (χ0v) is 13.7. The van der Waals surface area contributed by atoms with Gasteiger partial charge in [0.1, 0.15) is 0 Å². The summed E-state index contributed by atoms with van der Waals surface area (Å²) in [6, 6.07) is 5.72. The van der Waals surface area contributed by atoms with Crippen molar-refractivity contribution in [3.8, 4) is 0 Å². The van der Waals surface area contributed by atoms with E-state index in [1.807, 2.05) is 6.07 Å². The van der Waals surface area contributed by atoms with Crippen LogP contribution in [0.3, 0.4) is 0 Å². The lowest BCUT2D eigenvalue weighted by Gasteiger charge is -2.25. The van der Waals surface area contributed by atoms with Gasteiger partial charge in [-0.1, -0.05) is 11.6 Å². The Bertz CT molecular complexity index is 437. The van der Waals surface area contributed by atoms with Crippen LogP contribution in [-0.2, 0) is 6.54 Å². The monoisotopic (exact) mass is 313 g/mol. The van der Waals surface area contributed by atoms with E-state index in [9.17, 15) is 0 Å². The summed E-state index contributed by atoms with van der Waals surface area (Å²) < 4.78 is 0.883. The van der Waals surface area contributed by atoms with Crippen molar-refractivity contribution >= 4 is 22.9 Å². The number of nitrogens with zero attached hydrogens (tertiary/aromatic N) is 2. The first-order valence-electron chi connectivity index (χ1n) is 7.61. The highest BCUT2D eigenvalue weighted by atomic mass is 35.5. The summed E-state index contributed by atoms with van der Waals surface area (Å²) in [5.74, 6) is 0. The lowest BCUT2D eigenvalue weighted by atomic mass is 10.1. The van der Waals surface area contributed by atoms with Crippen LogP contribution in [0.15, 0.2) is 12.1 Å². The fraction of sp³-hybridized carbons (Fsp3) is 0.733. The number of hydrogen-bond acceptors (Lipinski definition) is 4. The van der Waals surface area contributed by atoms with E-state index in [1.54, 1.807) is 11.3 Å². The van der Waals surface area contributed by atoms with Gasteiger partial charge in [-0.3, -0.25) is 4.90 Å². The average Bonchev–Trinajstić information content (AvgIpc) is 2.92. The van der Waals surface area contributed by atoms with Gasteiger partial charge >= 0.3 is 0 Å². The highest BCUT2D eigenvalue weighted by Crippen LogP contribution is 2.28. The van der Waals surface area contributed by atoms with Gasteiger partial charge in [0.05, 0.1) is 4.34 Å². The Morgan fingerprint density at radius 2 is 2.15 bits per heavy atom. The van der Waals surface area contributed by atoms with Crippen LogP contribution in [0.2, 0.25) is 4.34 Å². The molecule has 2 aliphatic heterocycles. The Morgan fingerprint density at radius 3 is 2.95 bits per heavy atom. The minimum absolute atomic E-state index is 0.790. The van der Waals surface area contributed by atoms with Gasteiger partial charge in [-0.15, -0.1) is 11.3 Å². The standard InChI is InChI=1S/C15H24ClN3S/c1-18-12-2-3-13(18)11-19(8-6-12)9-7-17-10-14-4-5-15(16)20-14/h4-5,12-13,17H,2-3,6-11H2,1H3. The van der Waals surface area contributed by atoms with Gasteiger partial charge in [-0.05, 0) is 45.0 Å². The molecule has 2 fully saturated rings. The zero-order chi connectivity index (χ0) is 13.9. The topological polar surface area (TPSA) is 18.5 Å². The van der Waals surface area contributed by atoms with Gasteiger partial charge < -0.3 is 10.2 Å². The van der Waals surface area contributed by atoms with E-state index in [4.69, 9.17) is 11.6 Å². The lowest BCUT2D eigenvalue weighted by Crippen LogP contribution is -2.39. The molecule has 0 spiro atoms. The first-order valence-corrected chi connectivity index (χ1v) is 8.81. The van der Waals surface area contributed by atoms with Crippen LogP contribution in [0.4, 0.5) is 0 Å². The quantitative estimate of drug-likeness (QED) is 0.843. The Hall–Kier alpha value is -0.130. The van der Waals surface area contributed by atoms with Crippen molar-refractivity contribution in [1.82, 2.24) is 15.1 Å². The molecule has 2 atom stereocenters. The number of likely N-dealkylation sites (N-methyl/N-ethyl adjacent to an activating group) is 1. The molecule has 2 aliphatic rings. The smallest absolute Gasteiger partial charge is 0.0931 e. The van der Waals surface area contributed by atoms with E-state index in [1.165, 1.54) is 37.2 Å². The largest absolute Gasteiger partial charge is 0.311 e. The third kappa shape index (κ3) is 3.55. The Labute approximate surface area is 130 Å². The molecule has 112 valence electrons. The van der Waals surface area contributed by atoms with Crippen LogP contribution in [0.25, 0.3) is 0 Å². The molecule has 1 aromatic heterocycles. The molecule has 3 heterocycles. The van der Waals surface area contributed by atoms with Gasteiger partial charge in [0.25, 0.3) is 0 Å². The third-order valence-corrected chi connectivity index (χ3v) is 6.00. The summed E-state index contributed by atoms with van der Waals surface area (Å²) in [7, 11) is 2.31. The number of likely N-dealkylation sites (tertiary alicyclic amines) is 1. The van der Waals surface area contributed by atoms with Crippen LogP contribution in [-0.4, -0.2) is 55.1 Å². The molecule has 3 rings (SSSR count). The van der Waals surface area contributed by atoms with Crippen molar-refractivity contribution in [2.45, 2.75) is 37.9 Å². The van der Waals surface area contributed by atoms with Gasteiger partial charge in [0.15, 0.2) is 0 Å². The molecule has 0 aliphatic carbocycles. The Kier molecular flexibility index (Phi) is 5.00. The van der Waals surface area contributed by atoms with Crippen LogP contribution in [0.5, 0.6) is 0 Å². The first-order chi connectivity index (χ1) is 9.72. The highest BCUT2D eigenvalue weighted by Gasteiger charge is 2.34. The van der Waals surface area contributed by atoms with Crippen molar-refractivity contribution in [1.29, 1.82) is 0 Å². The molecule has 1 N–H and O–H groups in total. The number of thiophene rings is 1. The van der Waals surface area contributed by atoms with Gasteiger partial charge in [-0.2, -0.15) is 0 Å². The maximum atomic E-state index is 5.94. The summed E-state index contributed by atoms with van der Waals surface area (Å²) in [5, 5.41) is 3.53. The molecule has 0 saturated carbocycles. The molecular formula is C15H24ClN3S. The van der Waals surface area contributed by atoms with E-state index in [0.717, 1.165) is 36.1 Å². The van der Waals surface area contributed by atoms with Crippen molar-refractivity contribution in [2.24, 2.45) is 0 Å². The fourth-order valence-corrected chi connectivity index (χ4v) is 4.53. The van der Waals surface area contributed by atoms with E-state index < -0.39 is 0 Å². The second kappa shape index (κ2) is 6.75. The van der Waals surface area contributed by atoms with Crippen molar-refractivity contribution in [3.05, 3.63) is 21.3 Å². The number of hydrogen-bond donors (Lipinski definition) is 1. The molecule has 0 radical (unpaired) electrons. The average molecular weight is 314 g/mol. The van der Waals surface area contributed by atoms with Gasteiger partial charge in [0, 0.05) is 43.1 Å². The van der Waals surface area contributed by atoms with E-state index in [-0.39, 0.29) is 0 Å². The number of halogens is 1. The first kappa shape index (κ1) is 14.8. The summed E-state index contributed by atoms with van der Waals surface area (Å²) in [5.41, 5.74) is 0. The van der Waals surface area contributed by atoms with E-state index in [2.05, 4.69) is 28.2 Å². The minimum Gasteiger partial charge on any atom is -0.311 e. The molecule has 0 aromatic carbocycles.